The summed E-state index contributed by atoms with van der Waals surface area (Å²) in [4.78, 5) is 14.8. The summed E-state index contributed by atoms with van der Waals surface area (Å²) in [5.74, 6) is -1.31. The quantitative estimate of drug-likeness (QED) is 0.572. The largest absolute Gasteiger partial charge is 0.367 e. The van der Waals surface area contributed by atoms with Gasteiger partial charge in [-0.3, -0.25) is 4.79 Å². The Bertz CT molecular complexity index is 1400. The fourth-order valence-corrected chi connectivity index (χ4v) is 5.91. The molecule has 1 saturated heterocycles. The van der Waals surface area contributed by atoms with E-state index in [-0.39, 0.29) is 4.90 Å². The number of fused-ring (bicyclic) bond motifs is 1. The van der Waals surface area contributed by atoms with Gasteiger partial charge in [0.25, 0.3) is 0 Å². The smallest absolute Gasteiger partial charge is 0.240 e. The van der Waals surface area contributed by atoms with Crippen molar-refractivity contribution < 1.29 is 21.6 Å². The maximum absolute atomic E-state index is 12.9. The molecular formula is C23H25N3O5S2. The summed E-state index contributed by atoms with van der Waals surface area (Å²) in [7, 11) is -7.08. The second-order valence-electron chi connectivity index (χ2n) is 7.98. The number of hydrogen-bond acceptors (Lipinski definition) is 6. The van der Waals surface area contributed by atoms with Crippen LogP contribution in [-0.2, 0) is 24.7 Å². The molecule has 4 rings (SSSR count). The Morgan fingerprint density at radius 3 is 2.18 bits per heavy atom. The first kappa shape index (κ1) is 23.2. The van der Waals surface area contributed by atoms with Crippen LogP contribution in [0.15, 0.2) is 71.6 Å². The second-order valence-corrected chi connectivity index (χ2v) is 12.0. The number of nitrogens with one attached hydrogen (secondary N) is 1. The minimum atomic E-state index is -3.83. The lowest BCUT2D eigenvalue weighted by molar-refractivity contribution is -0.113. The molecule has 0 unspecified atom stereocenters. The fourth-order valence-electron chi connectivity index (χ4n) is 3.92. The normalized spacial score (nSPS) is 15.5. The van der Waals surface area contributed by atoms with Gasteiger partial charge < -0.3 is 10.2 Å². The molecule has 0 aromatic heterocycles. The Balaban J connectivity index is 1.48. The summed E-state index contributed by atoms with van der Waals surface area (Å²) >= 11 is 0. The monoisotopic (exact) mass is 487 g/mol. The van der Waals surface area contributed by atoms with E-state index in [2.05, 4.69) is 5.32 Å². The molecule has 1 N–H and O–H groups in total. The molecule has 0 atom stereocenters. The van der Waals surface area contributed by atoms with E-state index < -0.39 is 31.5 Å². The van der Waals surface area contributed by atoms with Crippen molar-refractivity contribution in [1.82, 2.24) is 4.31 Å². The molecule has 174 valence electrons. The van der Waals surface area contributed by atoms with Gasteiger partial charge in [-0.05, 0) is 35.0 Å². The first-order valence-electron chi connectivity index (χ1n) is 10.4. The third-order valence-electron chi connectivity index (χ3n) is 5.63. The number of para-hydroxylation sites is 2. The SMILES string of the molecule is CS(=O)(=O)N1CCN(c2ccccc2NC(=O)CS(=O)(=O)c2ccc3ccccc3c2)CC1. The molecule has 1 heterocycles. The van der Waals surface area contributed by atoms with Crippen LogP contribution in [0.25, 0.3) is 10.8 Å². The Hall–Kier alpha value is -2.95. The van der Waals surface area contributed by atoms with E-state index in [0.717, 1.165) is 16.5 Å². The summed E-state index contributed by atoms with van der Waals surface area (Å²) in [5, 5.41) is 4.43. The van der Waals surface area contributed by atoms with E-state index in [1.54, 1.807) is 24.3 Å². The average Bonchev–Trinajstić information content (AvgIpc) is 2.78. The lowest BCUT2D eigenvalue weighted by atomic mass is 10.1. The molecule has 1 aliphatic rings. The standard InChI is InChI=1S/C23H25N3O5S2/c1-32(28,29)26-14-12-25(13-15-26)22-9-5-4-8-21(22)24-23(27)17-33(30,31)20-11-10-18-6-2-3-7-19(18)16-20/h2-11,16H,12-15,17H2,1H3,(H,24,27). The van der Waals surface area contributed by atoms with Gasteiger partial charge in [-0.1, -0.05) is 42.5 Å². The van der Waals surface area contributed by atoms with Crippen LogP contribution >= 0.6 is 0 Å². The molecule has 0 spiro atoms. The van der Waals surface area contributed by atoms with Crippen LogP contribution in [0, 0.1) is 0 Å². The van der Waals surface area contributed by atoms with Crippen LogP contribution in [-0.4, -0.2) is 65.2 Å². The molecule has 10 heteroatoms. The van der Waals surface area contributed by atoms with Crippen LogP contribution in [0.3, 0.4) is 0 Å². The number of hydrogen-bond donors (Lipinski definition) is 1. The van der Waals surface area contributed by atoms with E-state index in [4.69, 9.17) is 0 Å². The fraction of sp³-hybridized carbons (Fsp3) is 0.261. The highest BCUT2D eigenvalue weighted by Crippen LogP contribution is 2.27. The van der Waals surface area contributed by atoms with Crippen molar-refractivity contribution in [2.75, 3.05) is 48.4 Å². The summed E-state index contributed by atoms with van der Waals surface area (Å²) < 4.78 is 50.7. The van der Waals surface area contributed by atoms with Crippen molar-refractivity contribution in [1.29, 1.82) is 0 Å². The minimum Gasteiger partial charge on any atom is -0.367 e. The van der Waals surface area contributed by atoms with Gasteiger partial charge >= 0.3 is 0 Å². The molecular weight excluding hydrogens is 462 g/mol. The first-order valence-corrected chi connectivity index (χ1v) is 13.9. The van der Waals surface area contributed by atoms with Gasteiger partial charge in [0.05, 0.1) is 22.5 Å². The van der Waals surface area contributed by atoms with E-state index in [0.29, 0.717) is 31.9 Å². The summed E-state index contributed by atoms with van der Waals surface area (Å²) in [6.07, 6.45) is 1.19. The van der Waals surface area contributed by atoms with Crippen molar-refractivity contribution in [3.05, 3.63) is 66.7 Å². The number of amides is 1. The van der Waals surface area contributed by atoms with Crippen LogP contribution in [0.1, 0.15) is 0 Å². The third kappa shape index (κ3) is 5.35. The maximum Gasteiger partial charge on any atom is 0.240 e. The number of anilines is 2. The van der Waals surface area contributed by atoms with Gasteiger partial charge in [-0.2, -0.15) is 4.31 Å². The predicted molar refractivity (Wildman–Crippen MR) is 130 cm³/mol. The number of nitrogens with zero attached hydrogens (tertiary/aromatic N) is 2. The minimum absolute atomic E-state index is 0.0986. The first-order chi connectivity index (χ1) is 15.6. The molecule has 0 aliphatic carbocycles. The van der Waals surface area contributed by atoms with Crippen LogP contribution in [0.2, 0.25) is 0 Å². The predicted octanol–water partition coefficient (Wildman–Crippen LogP) is 2.33. The Morgan fingerprint density at radius 2 is 1.48 bits per heavy atom. The van der Waals surface area contributed by atoms with E-state index in [9.17, 15) is 21.6 Å². The molecule has 0 bridgehead atoms. The Labute approximate surface area is 193 Å². The van der Waals surface area contributed by atoms with Gasteiger partial charge in [0, 0.05) is 26.2 Å². The van der Waals surface area contributed by atoms with E-state index in [1.165, 1.54) is 16.6 Å². The van der Waals surface area contributed by atoms with Crippen molar-refractivity contribution >= 4 is 47.9 Å². The third-order valence-corrected chi connectivity index (χ3v) is 8.55. The highest BCUT2D eigenvalue weighted by atomic mass is 32.2. The number of piperazine rings is 1. The van der Waals surface area contributed by atoms with Gasteiger partial charge in [0.15, 0.2) is 9.84 Å². The molecule has 33 heavy (non-hydrogen) atoms. The van der Waals surface area contributed by atoms with Gasteiger partial charge in [-0.15, -0.1) is 0 Å². The topological polar surface area (TPSA) is 104 Å². The highest BCUT2D eigenvalue weighted by molar-refractivity contribution is 7.92. The van der Waals surface area contributed by atoms with Crippen molar-refractivity contribution in [2.45, 2.75) is 4.90 Å². The molecule has 3 aromatic rings. The maximum atomic E-state index is 12.9. The highest BCUT2D eigenvalue weighted by Gasteiger charge is 2.25. The van der Waals surface area contributed by atoms with Crippen LogP contribution < -0.4 is 10.2 Å². The molecule has 1 fully saturated rings. The number of rotatable bonds is 6. The summed E-state index contributed by atoms with van der Waals surface area (Å²) in [6.45, 7) is 1.62. The Kier molecular flexibility index (Phi) is 6.42. The van der Waals surface area contributed by atoms with E-state index in [1.807, 2.05) is 41.3 Å². The number of benzene rings is 3. The average molecular weight is 488 g/mol. The second kappa shape index (κ2) is 9.12. The molecule has 3 aromatic carbocycles. The van der Waals surface area contributed by atoms with Gasteiger partial charge in [-0.25, -0.2) is 16.8 Å². The Morgan fingerprint density at radius 1 is 0.848 bits per heavy atom. The lowest BCUT2D eigenvalue weighted by Crippen LogP contribution is -2.48. The molecule has 8 nitrogen and oxygen atoms in total. The van der Waals surface area contributed by atoms with Crippen molar-refractivity contribution in [3.8, 4) is 0 Å². The summed E-state index contributed by atoms with van der Waals surface area (Å²) in [5.41, 5.74) is 1.21. The number of sulfonamides is 1. The van der Waals surface area contributed by atoms with Crippen molar-refractivity contribution in [3.63, 3.8) is 0 Å². The van der Waals surface area contributed by atoms with Crippen molar-refractivity contribution in [2.24, 2.45) is 0 Å². The lowest BCUT2D eigenvalue weighted by Gasteiger charge is -2.35. The molecule has 1 amide bonds. The van der Waals surface area contributed by atoms with Gasteiger partial charge in [0.1, 0.15) is 5.75 Å². The van der Waals surface area contributed by atoms with E-state index >= 15 is 0 Å². The molecule has 1 aliphatic heterocycles. The number of carbonyl (C=O) groups is 1. The zero-order chi connectivity index (χ0) is 23.6. The number of sulfone groups is 1. The molecule has 0 radical (unpaired) electrons. The molecule has 0 saturated carbocycles. The summed E-state index contributed by atoms with van der Waals surface area (Å²) in [6, 6.07) is 19.4. The van der Waals surface area contributed by atoms with Crippen LogP contribution in [0.5, 0.6) is 0 Å². The van der Waals surface area contributed by atoms with Crippen LogP contribution in [0.4, 0.5) is 11.4 Å². The zero-order valence-corrected chi connectivity index (χ0v) is 19.8. The van der Waals surface area contributed by atoms with Gasteiger partial charge in [0.2, 0.25) is 15.9 Å². The number of carbonyl (C=O) groups excluding carboxylic acids is 1. The zero-order valence-electron chi connectivity index (χ0n) is 18.1.